The van der Waals surface area contributed by atoms with Gasteiger partial charge in [0.05, 0.1) is 0 Å². The Kier molecular flexibility index (Phi) is 2.03. The lowest BCUT2D eigenvalue weighted by Crippen LogP contribution is -2.26. The van der Waals surface area contributed by atoms with Crippen molar-refractivity contribution in [2.24, 2.45) is 5.73 Å². The average molecular weight is 150 g/mol. The third-order valence-electron chi connectivity index (χ3n) is 1.64. The van der Waals surface area contributed by atoms with Crippen molar-refractivity contribution < 1.29 is 0 Å². The smallest absolute Gasteiger partial charge is 0.0480 e. The maximum absolute atomic E-state index is 5.62. The van der Waals surface area contributed by atoms with Crippen LogP contribution in [0.3, 0.4) is 0 Å². The number of hydrogen-bond acceptors (Lipinski definition) is 2. The molecule has 2 N–H and O–H groups in total. The molecule has 2 nitrogen and oxygen atoms in total. The molecule has 1 aliphatic rings. The van der Waals surface area contributed by atoms with Crippen LogP contribution in [-0.2, 0) is 0 Å². The lowest BCUT2D eigenvalue weighted by atomic mass is 10.2. The number of allylic oxidation sites excluding steroid dienone is 2. The van der Waals surface area contributed by atoms with E-state index in [0.29, 0.717) is 6.04 Å². The molecule has 0 bridgehead atoms. The predicted molar refractivity (Wildman–Crippen MR) is 47.5 cm³/mol. The van der Waals surface area contributed by atoms with Crippen LogP contribution in [0.5, 0.6) is 0 Å². The van der Waals surface area contributed by atoms with Crippen molar-refractivity contribution in [3.8, 4) is 0 Å². The summed E-state index contributed by atoms with van der Waals surface area (Å²) in [5.41, 5.74) is 7.39. The van der Waals surface area contributed by atoms with Crippen molar-refractivity contribution in [2.75, 3.05) is 0 Å². The van der Waals surface area contributed by atoms with Crippen molar-refractivity contribution in [3.05, 3.63) is 36.3 Å². The van der Waals surface area contributed by atoms with Gasteiger partial charge in [-0.05, 0) is 26.0 Å². The van der Waals surface area contributed by atoms with Crippen molar-refractivity contribution >= 4 is 0 Å². The molecule has 1 aliphatic heterocycles. The van der Waals surface area contributed by atoms with Crippen molar-refractivity contribution in [1.82, 2.24) is 4.90 Å². The summed E-state index contributed by atoms with van der Waals surface area (Å²) in [6, 6.07) is 0.422. The third kappa shape index (κ3) is 1.64. The summed E-state index contributed by atoms with van der Waals surface area (Å²) < 4.78 is 0. The topological polar surface area (TPSA) is 29.3 Å². The molecule has 0 aromatic heterocycles. The Morgan fingerprint density at radius 1 is 1.45 bits per heavy atom. The average Bonchev–Trinajstić information content (AvgIpc) is 1.94. The lowest BCUT2D eigenvalue weighted by molar-refractivity contribution is 0.391. The highest BCUT2D eigenvalue weighted by Crippen LogP contribution is 2.15. The third-order valence-corrected chi connectivity index (χ3v) is 1.64. The van der Waals surface area contributed by atoms with Crippen LogP contribution in [0, 0.1) is 0 Å². The summed E-state index contributed by atoms with van der Waals surface area (Å²) >= 11 is 0. The van der Waals surface area contributed by atoms with Crippen LogP contribution in [0.2, 0.25) is 0 Å². The lowest BCUT2D eigenvalue weighted by Gasteiger charge is -2.27. The molecule has 0 unspecified atom stereocenters. The minimum absolute atomic E-state index is 0.422. The number of nitrogens with two attached hydrogens (primary N) is 1. The molecule has 0 aromatic rings. The predicted octanol–water partition coefficient (Wildman–Crippen LogP) is 1.58. The molecule has 2 heteroatoms. The second-order valence-corrected chi connectivity index (χ2v) is 2.95. The van der Waals surface area contributed by atoms with Gasteiger partial charge in [-0.2, -0.15) is 0 Å². The monoisotopic (exact) mass is 150 g/mol. The summed E-state index contributed by atoms with van der Waals surface area (Å²) in [4.78, 5) is 2.05. The van der Waals surface area contributed by atoms with Crippen LogP contribution in [0.4, 0.5) is 0 Å². The molecule has 0 radical (unpaired) electrons. The van der Waals surface area contributed by atoms with Gasteiger partial charge in [0.25, 0.3) is 0 Å². The first-order chi connectivity index (χ1) is 5.11. The van der Waals surface area contributed by atoms with E-state index in [4.69, 9.17) is 5.73 Å². The fourth-order valence-corrected chi connectivity index (χ4v) is 1.05. The minimum atomic E-state index is 0.422. The molecule has 0 amide bonds. The summed E-state index contributed by atoms with van der Waals surface area (Å²) in [5.74, 6) is 0. The molecule has 1 rings (SSSR count). The van der Waals surface area contributed by atoms with Crippen LogP contribution >= 0.6 is 0 Å². The molecule has 0 spiro atoms. The van der Waals surface area contributed by atoms with Crippen LogP contribution in [0.1, 0.15) is 13.8 Å². The zero-order valence-corrected chi connectivity index (χ0v) is 7.04. The van der Waals surface area contributed by atoms with Gasteiger partial charge in [-0.3, -0.25) is 0 Å². The van der Waals surface area contributed by atoms with Gasteiger partial charge in [0, 0.05) is 23.6 Å². The van der Waals surface area contributed by atoms with Crippen LogP contribution in [0.15, 0.2) is 36.3 Å². The van der Waals surface area contributed by atoms with Crippen molar-refractivity contribution in [3.63, 3.8) is 0 Å². The molecule has 0 saturated carbocycles. The molecule has 0 atom stereocenters. The zero-order valence-electron chi connectivity index (χ0n) is 7.04. The molecule has 0 aliphatic carbocycles. The van der Waals surface area contributed by atoms with E-state index in [1.54, 1.807) is 0 Å². The first-order valence-electron chi connectivity index (χ1n) is 3.74. The molecule has 0 aromatic carbocycles. The van der Waals surface area contributed by atoms with Gasteiger partial charge in [-0.1, -0.05) is 6.58 Å². The van der Waals surface area contributed by atoms with E-state index in [1.165, 1.54) is 0 Å². The summed E-state index contributed by atoms with van der Waals surface area (Å²) in [6.45, 7) is 8.10. The van der Waals surface area contributed by atoms with Gasteiger partial charge >= 0.3 is 0 Å². The van der Waals surface area contributed by atoms with Gasteiger partial charge in [-0.15, -0.1) is 0 Å². The quantitative estimate of drug-likeness (QED) is 0.615. The minimum Gasteiger partial charge on any atom is -0.398 e. The van der Waals surface area contributed by atoms with Crippen LogP contribution in [0.25, 0.3) is 0 Å². The van der Waals surface area contributed by atoms with Crippen molar-refractivity contribution in [2.45, 2.75) is 19.9 Å². The fourth-order valence-electron chi connectivity index (χ4n) is 1.05. The van der Waals surface area contributed by atoms with Gasteiger partial charge in [-0.25, -0.2) is 0 Å². The van der Waals surface area contributed by atoms with E-state index in [9.17, 15) is 0 Å². The molecule has 1 heterocycles. The number of hydrogen-bond donors (Lipinski definition) is 1. The van der Waals surface area contributed by atoms with E-state index in [1.807, 2.05) is 18.4 Å². The summed E-state index contributed by atoms with van der Waals surface area (Å²) in [5, 5.41) is 0. The molecule has 60 valence electrons. The first-order valence-corrected chi connectivity index (χ1v) is 3.74. The van der Waals surface area contributed by atoms with Gasteiger partial charge in [0.15, 0.2) is 0 Å². The second kappa shape index (κ2) is 2.82. The Bertz CT molecular complexity index is 224. The number of nitrogens with zero attached hydrogens (tertiary/aromatic N) is 1. The Morgan fingerprint density at radius 3 is 2.55 bits per heavy atom. The van der Waals surface area contributed by atoms with Crippen LogP contribution in [-0.4, -0.2) is 10.9 Å². The van der Waals surface area contributed by atoms with E-state index >= 15 is 0 Å². The highest BCUT2D eigenvalue weighted by molar-refractivity contribution is 5.30. The fraction of sp³-hybridized carbons (Fsp3) is 0.333. The summed E-state index contributed by atoms with van der Waals surface area (Å²) in [7, 11) is 0. The normalized spacial score (nSPS) is 17.5. The maximum Gasteiger partial charge on any atom is 0.0480 e. The highest BCUT2D eigenvalue weighted by Gasteiger charge is 2.09. The first kappa shape index (κ1) is 7.92. The highest BCUT2D eigenvalue weighted by atomic mass is 15.1. The van der Waals surface area contributed by atoms with E-state index in [2.05, 4.69) is 25.3 Å². The molecule has 0 saturated heterocycles. The maximum atomic E-state index is 5.62. The van der Waals surface area contributed by atoms with Gasteiger partial charge in [0.2, 0.25) is 0 Å². The van der Waals surface area contributed by atoms with Gasteiger partial charge in [0.1, 0.15) is 0 Å². The van der Waals surface area contributed by atoms with Crippen molar-refractivity contribution in [1.29, 1.82) is 0 Å². The van der Waals surface area contributed by atoms with E-state index in [0.717, 1.165) is 11.4 Å². The SMILES string of the molecule is C=C1C=CC(N)=CN1C(C)C. The number of rotatable bonds is 1. The second-order valence-electron chi connectivity index (χ2n) is 2.95. The Labute approximate surface area is 67.7 Å². The zero-order chi connectivity index (χ0) is 8.43. The Balaban J connectivity index is 2.82. The van der Waals surface area contributed by atoms with E-state index in [-0.39, 0.29) is 0 Å². The Morgan fingerprint density at radius 2 is 2.09 bits per heavy atom. The van der Waals surface area contributed by atoms with Gasteiger partial charge < -0.3 is 10.6 Å². The summed E-state index contributed by atoms with van der Waals surface area (Å²) in [6.07, 6.45) is 5.70. The molecular formula is C9H14N2. The Hall–Kier alpha value is -1.18. The van der Waals surface area contributed by atoms with E-state index < -0.39 is 0 Å². The largest absolute Gasteiger partial charge is 0.398 e. The van der Waals surface area contributed by atoms with Crippen LogP contribution < -0.4 is 5.73 Å². The molecule has 0 fully saturated rings. The molecule has 11 heavy (non-hydrogen) atoms. The standard InChI is InChI=1S/C9H14N2/c1-7(2)11-6-9(10)5-4-8(11)3/h4-7H,3,10H2,1-2H3. The molecular weight excluding hydrogens is 136 g/mol.